The quantitative estimate of drug-likeness (QED) is 0.190. The van der Waals surface area contributed by atoms with Crippen LogP contribution in [-0.4, -0.2) is 62.7 Å². The van der Waals surface area contributed by atoms with Crippen molar-refractivity contribution in [2.45, 2.75) is 39.0 Å². The minimum absolute atomic E-state index is 0. The van der Waals surface area contributed by atoms with Crippen LogP contribution in [0.4, 0.5) is 0 Å². The molecule has 3 rings (SSSR count). The molecule has 1 amide bonds. The molecule has 0 aromatic heterocycles. The zero-order chi connectivity index (χ0) is 20.3. The molecular formula is C23H37IN4O2. The molecule has 1 atom stereocenters. The highest BCUT2D eigenvalue weighted by Crippen LogP contribution is 2.28. The number of carbonyl (C=O) groups excluding carboxylic acids is 1. The van der Waals surface area contributed by atoms with Crippen LogP contribution in [0.1, 0.15) is 38.2 Å². The van der Waals surface area contributed by atoms with E-state index < -0.39 is 0 Å². The standard InChI is InChI=1S/C23H36N4O2.HI/c1-2-24-23(25-12-6-14-29-18-20-9-10-20)26-16-21-15-22(28)27(17-21)13-11-19-7-4-3-5-8-19;/h3-5,7-8,20-21H,2,6,9-18H2,1H3,(H2,24,25,26);1H. The van der Waals surface area contributed by atoms with Crippen LogP contribution >= 0.6 is 24.0 Å². The number of hydrogen-bond acceptors (Lipinski definition) is 3. The van der Waals surface area contributed by atoms with Gasteiger partial charge in [-0.15, -0.1) is 24.0 Å². The van der Waals surface area contributed by atoms with E-state index in [1.54, 1.807) is 0 Å². The molecule has 1 unspecified atom stereocenters. The molecule has 1 aliphatic carbocycles. The second-order valence-corrected chi connectivity index (χ2v) is 8.16. The number of carbonyl (C=O) groups is 1. The van der Waals surface area contributed by atoms with Gasteiger partial charge in [0.05, 0.1) is 0 Å². The predicted octanol–water partition coefficient (Wildman–Crippen LogP) is 3.07. The van der Waals surface area contributed by atoms with Crippen LogP contribution in [0.2, 0.25) is 0 Å². The van der Waals surface area contributed by atoms with E-state index in [4.69, 9.17) is 9.73 Å². The lowest BCUT2D eigenvalue weighted by atomic mass is 10.1. The SMILES string of the molecule is CCNC(=NCC1CC(=O)N(CCc2ccccc2)C1)NCCCOCC1CC1.I. The number of halogens is 1. The first-order valence-corrected chi connectivity index (χ1v) is 11.2. The third-order valence-electron chi connectivity index (χ3n) is 5.47. The normalized spacial score (nSPS) is 19.0. The van der Waals surface area contributed by atoms with E-state index in [-0.39, 0.29) is 29.9 Å². The minimum atomic E-state index is 0. The van der Waals surface area contributed by atoms with Gasteiger partial charge in [-0.1, -0.05) is 30.3 Å². The third-order valence-corrected chi connectivity index (χ3v) is 5.47. The highest BCUT2D eigenvalue weighted by molar-refractivity contribution is 14.0. The summed E-state index contributed by atoms with van der Waals surface area (Å²) >= 11 is 0. The molecule has 6 nitrogen and oxygen atoms in total. The van der Waals surface area contributed by atoms with Crippen LogP contribution in [-0.2, 0) is 16.0 Å². The summed E-state index contributed by atoms with van der Waals surface area (Å²) in [7, 11) is 0. The highest BCUT2D eigenvalue weighted by Gasteiger charge is 2.29. The Morgan fingerprint density at radius 2 is 2.00 bits per heavy atom. The first-order chi connectivity index (χ1) is 14.2. The average Bonchev–Trinajstić information content (AvgIpc) is 3.49. The van der Waals surface area contributed by atoms with Gasteiger partial charge in [0.25, 0.3) is 0 Å². The molecule has 0 spiro atoms. The van der Waals surface area contributed by atoms with Crippen molar-refractivity contribution in [3.63, 3.8) is 0 Å². The van der Waals surface area contributed by atoms with Gasteiger partial charge in [-0.05, 0) is 44.1 Å². The van der Waals surface area contributed by atoms with Gasteiger partial charge in [0.15, 0.2) is 5.96 Å². The van der Waals surface area contributed by atoms with Gasteiger partial charge in [0, 0.05) is 58.3 Å². The van der Waals surface area contributed by atoms with Gasteiger partial charge in [-0.25, -0.2) is 0 Å². The second-order valence-electron chi connectivity index (χ2n) is 8.16. The lowest BCUT2D eigenvalue weighted by Crippen LogP contribution is -2.38. The monoisotopic (exact) mass is 528 g/mol. The Kier molecular flexibility index (Phi) is 11.5. The molecule has 0 radical (unpaired) electrons. The van der Waals surface area contributed by atoms with Crippen molar-refractivity contribution in [1.82, 2.24) is 15.5 Å². The molecule has 1 aromatic rings. The smallest absolute Gasteiger partial charge is 0.223 e. The molecule has 1 heterocycles. The highest BCUT2D eigenvalue weighted by atomic mass is 127. The summed E-state index contributed by atoms with van der Waals surface area (Å²) in [4.78, 5) is 19.0. The summed E-state index contributed by atoms with van der Waals surface area (Å²) in [5.74, 6) is 2.22. The Morgan fingerprint density at radius 1 is 1.20 bits per heavy atom. The lowest BCUT2D eigenvalue weighted by molar-refractivity contribution is -0.127. The Bertz CT molecular complexity index is 652. The molecular weight excluding hydrogens is 491 g/mol. The molecule has 2 fully saturated rings. The van der Waals surface area contributed by atoms with Crippen molar-refractivity contribution in [2.75, 3.05) is 45.9 Å². The maximum absolute atomic E-state index is 12.3. The van der Waals surface area contributed by atoms with Crippen LogP contribution in [0.5, 0.6) is 0 Å². The van der Waals surface area contributed by atoms with Crippen molar-refractivity contribution in [3.05, 3.63) is 35.9 Å². The van der Waals surface area contributed by atoms with Crippen LogP contribution in [0, 0.1) is 11.8 Å². The van der Waals surface area contributed by atoms with Gasteiger partial charge in [0.2, 0.25) is 5.91 Å². The molecule has 7 heteroatoms. The summed E-state index contributed by atoms with van der Waals surface area (Å²) in [6.07, 6.45) is 5.17. The number of likely N-dealkylation sites (tertiary alicyclic amines) is 1. The number of hydrogen-bond donors (Lipinski definition) is 2. The van der Waals surface area contributed by atoms with Crippen molar-refractivity contribution in [3.8, 4) is 0 Å². The van der Waals surface area contributed by atoms with Crippen molar-refractivity contribution in [2.24, 2.45) is 16.8 Å². The number of rotatable bonds is 12. The molecule has 1 aliphatic heterocycles. The van der Waals surface area contributed by atoms with E-state index in [9.17, 15) is 4.79 Å². The van der Waals surface area contributed by atoms with Gasteiger partial charge in [-0.2, -0.15) is 0 Å². The number of benzene rings is 1. The maximum atomic E-state index is 12.3. The van der Waals surface area contributed by atoms with Gasteiger partial charge >= 0.3 is 0 Å². The molecule has 2 N–H and O–H groups in total. The van der Waals surface area contributed by atoms with Crippen molar-refractivity contribution in [1.29, 1.82) is 0 Å². The number of amides is 1. The largest absolute Gasteiger partial charge is 0.381 e. The van der Waals surface area contributed by atoms with Crippen molar-refractivity contribution >= 4 is 35.8 Å². The summed E-state index contributed by atoms with van der Waals surface area (Å²) in [5.41, 5.74) is 1.28. The van der Waals surface area contributed by atoms with Crippen molar-refractivity contribution < 1.29 is 9.53 Å². The number of nitrogens with one attached hydrogen (secondary N) is 2. The van der Waals surface area contributed by atoms with Gasteiger partial charge < -0.3 is 20.3 Å². The van der Waals surface area contributed by atoms with Crippen LogP contribution in [0.25, 0.3) is 0 Å². The van der Waals surface area contributed by atoms with E-state index in [1.807, 2.05) is 23.1 Å². The predicted molar refractivity (Wildman–Crippen MR) is 132 cm³/mol. The van der Waals surface area contributed by atoms with Crippen LogP contribution < -0.4 is 10.6 Å². The van der Waals surface area contributed by atoms with E-state index in [1.165, 1.54) is 18.4 Å². The number of aliphatic imine (C=N–C) groups is 1. The first-order valence-electron chi connectivity index (χ1n) is 11.2. The Balaban J connectivity index is 0.00000320. The average molecular weight is 528 g/mol. The minimum Gasteiger partial charge on any atom is -0.381 e. The molecule has 0 bridgehead atoms. The summed E-state index contributed by atoms with van der Waals surface area (Å²) in [5, 5.41) is 6.67. The summed E-state index contributed by atoms with van der Waals surface area (Å²) < 4.78 is 5.68. The lowest BCUT2D eigenvalue weighted by Gasteiger charge is -2.16. The zero-order valence-electron chi connectivity index (χ0n) is 18.1. The molecule has 30 heavy (non-hydrogen) atoms. The Hall–Kier alpha value is -1.35. The number of guanidine groups is 1. The van der Waals surface area contributed by atoms with E-state index >= 15 is 0 Å². The molecule has 168 valence electrons. The maximum Gasteiger partial charge on any atom is 0.223 e. The second kappa shape index (κ2) is 13.9. The molecule has 1 saturated heterocycles. The fourth-order valence-electron chi connectivity index (χ4n) is 3.58. The molecule has 1 saturated carbocycles. The van der Waals surface area contributed by atoms with E-state index in [0.29, 0.717) is 18.9 Å². The first kappa shape index (κ1) is 24.9. The van der Waals surface area contributed by atoms with E-state index in [0.717, 1.165) is 64.1 Å². The van der Waals surface area contributed by atoms with E-state index in [2.05, 4.69) is 29.7 Å². The van der Waals surface area contributed by atoms with Crippen LogP contribution in [0.3, 0.4) is 0 Å². The van der Waals surface area contributed by atoms with Gasteiger partial charge in [-0.3, -0.25) is 9.79 Å². The number of nitrogens with zero attached hydrogens (tertiary/aromatic N) is 2. The molecule has 2 aliphatic rings. The Morgan fingerprint density at radius 3 is 2.73 bits per heavy atom. The fourth-order valence-corrected chi connectivity index (χ4v) is 3.58. The van der Waals surface area contributed by atoms with Gasteiger partial charge in [0.1, 0.15) is 0 Å². The summed E-state index contributed by atoms with van der Waals surface area (Å²) in [6, 6.07) is 10.4. The zero-order valence-corrected chi connectivity index (χ0v) is 20.5. The fraction of sp³-hybridized carbons (Fsp3) is 0.652. The van der Waals surface area contributed by atoms with Crippen LogP contribution in [0.15, 0.2) is 35.3 Å². The molecule has 1 aromatic carbocycles. The third kappa shape index (κ3) is 9.20. The Labute approximate surface area is 198 Å². The summed E-state index contributed by atoms with van der Waals surface area (Å²) in [6.45, 7) is 7.76. The number of ether oxygens (including phenoxy) is 1. The topological polar surface area (TPSA) is 66.0 Å².